The van der Waals surface area contributed by atoms with Gasteiger partial charge in [-0.1, -0.05) is 29.3 Å². The average molecular weight is 341 g/mol. The Morgan fingerprint density at radius 2 is 1.86 bits per heavy atom. The molecule has 2 aromatic rings. The van der Waals surface area contributed by atoms with Gasteiger partial charge in [-0.25, -0.2) is 4.39 Å². The van der Waals surface area contributed by atoms with E-state index in [1.54, 1.807) is 18.2 Å². The van der Waals surface area contributed by atoms with Crippen LogP contribution in [0.15, 0.2) is 30.3 Å². The van der Waals surface area contributed by atoms with Crippen molar-refractivity contribution in [2.75, 3.05) is 13.7 Å². The van der Waals surface area contributed by atoms with E-state index in [0.717, 1.165) is 12.8 Å². The predicted molar refractivity (Wildman–Crippen MR) is 86.6 cm³/mol. The van der Waals surface area contributed by atoms with Crippen LogP contribution in [0.5, 0.6) is 11.5 Å². The Balaban J connectivity index is 2.09. The maximum atomic E-state index is 14.0. The molecule has 0 atom stereocenters. The Bertz CT molecular complexity index is 679. The molecule has 2 nitrogen and oxygen atoms in total. The fourth-order valence-electron chi connectivity index (χ4n) is 2.32. The van der Waals surface area contributed by atoms with Crippen molar-refractivity contribution in [3.8, 4) is 22.6 Å². The SMILES string of the molecule is COc1c(OCC2CC2)cc(F)cc1-c1c(Cl)cccc1Cl. The minimum Gasteiger partial charge on any atom is -0.492 e. The summed E-state index contributed by atoms with van der Waals surface area (Å²) in [6, 6.07) is 7.84. The summed E-state index contributed by atoms with van der Waals surface area (Å²) in [6.45, 7) is 0.565. The van der Waals surface area contributed by atoms with Crippen molar-refractivity contribution in [2.24, 2.45) is 5.92 Å². The maximum absolute atomic E-state index is 14.0. The molecule has 1 fully saturated rings. The molecule has 2 aromatic carbocycles. The lowest BCUT2D eigenvalue weighted by molar-refractivity contribution is 0.279. The van der Waals surface area contributed by atoms with Gasteiger partial charge >= 0.3 is 0 Å². The molecule has 0 amide bonds. The topological polar surface area (TPSA) is 18.5 Å². The summed E-state index contributed by atoms with van der Waals surface area (Å²) in [5, 5.41) is 0.870. The average Bonchev–Trinajstić information content (AvgIpc) is 3.29. The second-order valence-corrected chi connectivity index (χ2v) is 6.15. The second kappa shape index (κ2) is 6.35. The molecule has 0 bridgehead atoms. The third-order valence-electron chi connectivity index (χ3n) is 3.63. The minimum absolute atomic E-state index is 0.375. The maximum Gasteiger partial charge on any atom is 0.168 e. The van der Waals surface area contributed by atoms with Gasteiger partial charge in [0.25, 0.3) is 0 Å². The molecular formula is C17H15Cl2FO2. The zero-order valence-corrected chi connectivity index (χ0v) is 13.5. The van der Waals surface area contributed by atoms with Crippen molar-refractivity contribution < 1.29 is 13.9 Å². The lowest BCUT2D eigenvalue weighted by atomic mass is 10.0. The smallest absolute Gasteiger partial charge is 0.168 e. The number of hydrogen-bond acceptors (Lipinski definition) is 2. The van der Waals surface area contributed by atoms with Gasteiger partial charge in [-0.3, -0.25) is 0 Å². The lowest BCUT2D eigenvalue weighted by Crippen LogP contribution is -2.02. The van der Waals surface area contributed by atoms with Gasteiger partial charge in [-0.15, -0.1) is 0 Å². The van der Waals surface area contributed by atoms with E-state index in [1.165, 1.54) is 19.2 Å². The molecule has 1 saturated carbocycles. The van der Waals surface area contributed by atoms with Crippen molar-refractivity contribution in [1.82, 2.24) is 0 Å². The van der Waals surface area contributed by atoms with Crippen LogP contribution >= 0.6 is 23.2 Å². The van der Waals surface area contributed by atoms with Crippen molar-refractivity contribution >= 4 is 23.2 Å². The third-order valence-corrected chi connectivity index (χ3v) is 4.26. The molecule has 1 aliphatic carbocycles. The number of halogens is 3. The Labute approximate surface area is 138 Å². The Morgan fingerprint density at radius 1 is 1.18 bits per heavy atom. The fourth-order valence-corrected chi connectivity index (χ4v) is 2.92. The molecule has 0 aliphatic heterocycles. The van der Waals surface area contributed by atoms with Crippen molar-refractivity contribution in [3.05, 3.63) is 46.2 Å². The normalized spacial score (nSPS) is 14.0. The number of rotatable bonds is 5. The standard InChI is InChI=1S/C17H15Cl2FO2/c1-21-17-12(16-13(18)3-2-4-14(16)19)7-11(20)8-15(17)22-9-10-5-6-10/h2-4,7-8,10H,5-6,9H2,1H3. The van der Waals surface area contributed by atoms with Gasteiger partial charge in [0.15, 0.2) is 11.5 Å². The highest BCUT2D eigenvalue weighted by atomic mass is 35.5. The van der Waals surface area contributed by atoms with Crippen LogP contribution in [-0.2, 0) is 0 Å². The molecule has 0 heterocycles. The van der Waals surface area contributed by atoms with Gasteiger partial charge in [0, 0.05) is 17.2 Å². The van der Waals surface area contributed by atoms with Crippen LogP contribution in [0.3, 0.4) is 0 Å². The van der Waals surface area contributed by atoms with E-state index in [1.807, 2.05) is 0 Å². The molecule has 0 N–H and O–H groups in total. The van der Waals surface area contributed by atoms with Crippen LogP contribution in [0, 0.1) is 11.7 Å². The molecule has 0 spiro atoms. The summed E-state index contributed by atoms with van der Waals surface area (Å²) in [5.74, 6) is 0.954. The van der Waals surface area contributed by atoms with Gasteiger partial charge < -0.3 is 9.47 Å². The molecular weight excluding hydrogens is 326 g/mol. The lowest BCUT2D eigenvalue weighted by Gasteiger charge is -2.16. The first kappa shape index (κ1) is 15.4. The van der Waals surface area contributed by atoms with Gasteiger partial charge in [-0.05, 0) is 37.0 Å². The van der Waals surface area contributed by atoms with E-state index in [9.17, 15) is 4.39 Å². The predicted octanol–water partition coefficient (Wildman–Crippen LogP) is 5.60. The zero-order valence-electron chi connectivity index (χ0n) is 12.0. The highest BCUT2D eigenvalue weighted by molar-refractivity contribution is 6.39. The number of benzene rings is 2. The Hall–Kier alpha value is -1.45. The summed E-state index contributed by atoms with van der Waals surface area (Å²) in [6.07, 6.45) is 2.31. The first-order valence-corrected chi connectivity index (χ1v) is 7.80. The molecule has 0 saturated heterocycles. The summed E-state index contributed by atoms with van der Waals surface area (Å²) in [4.78, 5) is 0. The number of methoxy groups -OCH3 is 1. The van der Waals surface area contributed by atoms with Gasteiger partial charge in [0.05, 0.1) is 23.8 Å². The van der Waals surface area contributed by atoms with Crippen LogP contribution in [0.25, 0.3) is 11.1 Å². The first-order chi connectivity index (χ1) is 10.6. The molecule has 1 aliphatic rings. The molecule has 0 unspecified atom stereocenters. The molecule has 116 valence electrons. The molecule has 5 heteroatoms. The Morgan fingerprint density at radius 3 is 2.45 bits per heavy atom. The quantitative estimate of drug-likeness (QED) is 0.705. The summed E-state index contributed by atoms with van der Waals surface area (Å²) in [5.41, 5.74) is 1.03. The van der Waals surface area contributed by atoms with Crippen LogP contribution in [0.4, 0.5) is 4.39 Å². The molecule has 22 heavy (non-hydrogen) atoms. The second-order valence-electron chi connectivity index (χ2n) is 5.34. The summed E-state index contributed by atoms with van der Waals surface area (Å²) >= 11 is 12.5. The highest BCUT2D eigenvalue weighted by Crippen LogP contribution is 2.45. The summed E-state index contributed by atoms with van der Waals surface area (Å²) < 4.78 is 25.2. The molecule has 0 radical (unpaired) electrons. The molecule has 0 aromatic heterocycles. The van der Waals surface area contributed by atoms with E-state index >= 15 is 0 Å². The van der Waals surface area contributed by atoms with Gasteiger partial charge in [-0.2, -0.15) is 0 Å². The fraction of sp³-hybridized carbons (Fsp3) is 0.294. The van der Waals surface area contributed by atoms with E-state index in [0.29, 0.717) is 45.2 Å². The van der Waals surface area contributed by atoms with Crippen molar-refractivity contribution in [1.29, 1.82) is 0 Å². The van der Waals surface area contributed by atoms with Gasteiger partial charge in [0.1, 0.15) is 5.82 Å². The Kier molecular flexibility index (Phi) is 4.46. The van der Waals surface area contributed by atoms with Crippen molar-refractivity contribution in [3.63, 3.8) is 0 Å². The van der Waals surface area contributed by atoms with Crippen LogP contribution in [-0.4, -0.2) is 13.7 Å². The van der Waals surface area contributed by atoms with E-state index in [2.05, 4.69) is 0 Å². The highest BCUT2D eigenvalue weighted by Gasteiger charge is 2.24. The third kappa shape index (κ3) is 3.16. The van der Waals surface area contributed by atoms with E-state index in [4.69, 9.17) is 32.7 Å². The summed E-state index contributed by atoms with van der Waals surface area (Å²) in [7, 11) is 1.52. The monoisotopic (exact) mass is 340 g/mol. The van der Waals surface area contributed by atoms with Gasteiger partial charge in [0.2, 0.25) is 0 Å². The largest absolute Gasteiger partial charge is 0.492 e. The zero-order chi connectivity index (χ0) is 15.7. The van der Waals surface area contributed by atoms with E-state index in [-0.39, 0.29) is 0 Å². The van der Waals surface area contributed by atoms with Crippen LogP contribution < -0.4 is 9.47 Å². The molecule has 3 rings (SSSR count). The van der Waals surface area contributed by atoms with E-state index < -0.39 is 5.82 Å². The van der Waals surface area contributed by atoms with Crippen molar-refractivity contribution in [2.45, 2.75) is 12.8 Å². The number of ether oxygens (including phenoxy) is 2. The number of hydrogen-bond donors (Lipinski definition) is 0. The minimum atomic E-state index is -0.419. The van der Waals surface area contributed by atoms with Crippen LogP contribution in [0.2, 0.25) is 10.0 Å². The first-order valence-electron chi connectivity index (χ1n) is 7.05. The van der Waals surface area contributed by atoms with Crippen LogP contribution in [0.1, 0.15) is 12.8 Å².